The van der Waals surface area contributed by atoms with Crippen molar-refractivity contribution < 1.29 is 4.42 Å². The van der Waals surface area contributed by atoms with E-state index in [9.17, 15) is 0 Å². The molecule has 0 saturated heterocycles. The minimum atomic E-state index is 0.809. The maximum absolute atomic E-state index is 5.31. The van der Waals surface area contributed by atoms with Gasteiger partial charge in [-0.2, -0.15) is 0 Å². The Morgan fingerprint density at radius 1 is 1.55 bits per heavy atom. The van der Waals surface area contributed by atoms with Crippen molar-refractivity contribution in [2.24, 2.45) is 0 Å². The third-order valence-electron chi connectivity index (χ3n) is 1.43. The zero-order valence-corrected chi connectivity index (χ0v) is 8.15. The maximum atomic E-state index is 5.31. The molecule has 0 saturated carbocycles. The van der Waals surface area contributed by atoms with E-state index in [1.807, 2.05) is 12.1 Å². The highest BCUT2D eigenvalue weighted by molar-refractivity contribution is 9.10. The topological polar surface area (TPSA) is 25.2 Å². The molecular formula is C8H12BrNO. The van der Waals surface area contributed by atoms with E-state index in [1.54, 1.807) is 0 Å². The summed E-state index contributed by atoms with van der Waals surface area (Å²) in [6.07, 6.45) is 0.958. The molecule has 0 atom stereocenters. The summed E-state index contributed by atoms with van der Waals surface area (Å²) in [6.45, 7) is 4.09. The van der Waals surface area contributed by atoms with Gasteiger partial charge in [-0.05, 0) is 34.6 Å². The van der Waals surface area contributed by atoms with E-state index in [1.165, 1.54) is 0 Å². The first-order chi connectivity index (χ1) is 5.33. The molecule has 1 heterocycles. The van der Waals surface area contributed by atoms with Gasteiger partial charge in [-0.25, -0.2) is 0 Å². The van der Waals surface area contributed by atoms with Gasteiger partial charge < -0.3 is 9.73 Å². The lowest BCUT2D eigenvalue weighted by Gasteiger charge is -1.96. The smallest absolute Gasteiger partial charge is 0.169 e. The van der Waals surface area contributed by atoms with E-state index in [-0.39, 0.29) is 0 Å². The monoisotopic (exact) mass is 217 g/mol. The average Bonchev–Trinajstić information content (AvgIpc) is 2.37. The Labute approximate surface area is 75.1 Å². The number of halogens is 1. The molecule has 0 unspecified atom stereocenters. The van der Waals surface area contributed by atoms with Crippen molar-refractivity contribution in [3.63, 3.8) is 0 Å². The van der Waals surface area contributed by atoms with Gasteiger partial charge in [-0.3, -0.25) is 0 Å². The lowest BCUT2D eigenvalue weighted by atomic mass is 10.3. The summed E-state index contributed by atoms with van der Waals surface area (Å²) in [5, 5.41) is 3.23. The minimum absolute atomic E-state index is 0.809. The lowest BCUT2D eigenvalue weighted by molar-refractivity contribution is 0.481. The minimum Gasteiger partial charge on any atom is -0.454 e. The molecule has 1 rings (SSSR count). The van der Waals surface area contributed by atoms with Gasteiger partial charge in [0.1, 0.15) is 5.76 Å². The molecule has 0 amide bonds. The third-order valence-corrected chi connectivity index (χ3v) is 1.85. The van der Waals surface area contributed by atoms with Crippen molar-refractivity contribution in [2.45, 2.75) is 13.3 Å². The molecule has 0 spiro atoms. The van der Waals surface area contributed by atoms with Crippen molar-refractivity contribution in [1.82, 2.24) is 5.32 Å². The highest BCUT2D eigenvalue weighted by Crippen LogP contribution is 2.13. The van der Waals surface area contributed by atoms with Crippen LogP contribution in [0.25, 0.3) is 0 Å². The van der Waals surface area contributed by atoms with E-state index >= 15 is 0 Å². The van der Waals surface area contributed by atoms with Crippen molar-refractivity contribution in [3.8, 4) is 0 Å². The predicted octanol–water partition coefficient (Wildman–Crippen LogP) is 2.19. The summed E-state index contributed by atoms with van der Waals surface area (Å²) < 4.78 is 6.12. The van der Waals surface area contributed by atoms with Gasteiger partial charge in [0, 0.05) is 13.0 Å². The number of likely N-dealkylation sites (N-methyl/N-ethyl adjacent to an activating group) is 1. The number of furan rings is 1. The first-order valence-electron chi connectivity index (χ1n) is 3.78. The lowest BCUT2D eigenvalue weighted by Crippen LogP contribution is -2.15. The first-order valence-corrected chi connectivity index (χ1v) is 4.57. The van der Waals surface area contributed by atoms with Crippen LogP contribution in [0.5, 0.6) is 0 Å². The zero-order valence-electron chi connectivity index (χ0n) is 6.56. The third kappa shape index (κ3) is 3.08. The number of hydrogen-bond acceptors (Lipinski definition) is 2. The Hall–Kier alpha value is -0.280. The standard InChI is InChI=1S/C8H12BrNO/c1-2-10-6-5-7-3-4-8(9)11-7/h3-4,10H,2,5-6H2,1H3. The summed E-state index contributed by atoms with van der Waals surface area (Å²) in [7, 11) is 0. The van der Waals surface area contributed by atoms with Crippen LogP contribution in [0.1, 0.15) is 12.7 Å². The molecule has 0 aliphatic rings. The van der Waals surface area contributed by atoms with Crippen LogP contribution in [0.15, 0.2) is 21.2 Å². The Bertz CT molecular complexity index is 210. The molecule has 1 aromatic heterocycles. The Morgan fingerprint density at radius 3 is 2.91 bits per heavy atom. The molecule has 0 aromatic carbocycles. The number of hydrogen-bond donors (Lipinski definition) is 1. The molecule has 1 N–H and O–H groups in total. The summed E-state index contributed by atoms with van der Waals surface area (Å²) >= 11 is 3.25. The molecule has 62 valence electrons. The van der Waals surface area contributed by atoms with Gasteiger partial charge in [0.2, 0.25) is 0 Å². The SMILES string of the molecule is CCNCCc1ccc(Br)o1. The number of rotatable bonds is 4. The van der Waals surface area contributed by atoms with Gasteiger partial charge >= 0.3 is 0 Å². The second-order valence-electron chi connectivity index (χ2n) is 2.31. The second kappa shape index (κ2) is 4.57. The van der Waals surface area contributed by atoms with Crippen LogP contribution in [0, 0.1) is 0 Å². The summed E-state index contributed by atoms with van der Waals surface area (Å²) in [5.74, 6) is 1.03. The maximum Gasteiger partial charge on any atom is 0.169 e. The van der Waals surface area contributed by atoms with E-state index < -0.39 is 0 Å². The molecular weight excluding hydrogens is 206 g/mol. The molecule has 3 heteroatoms. The molecule has 0 fully saturated rings. The molecule has 11 heavy (non-hydrogen) atoms. The fourth-order valence-corrected chi connectivity index (χ4v) is 1.21. The quantitative estimate of drug-likeness (QED) is 0.783. The largest absolute Gasteiger partial charge is 0.454 e. The van der Waals surface area contributed by atoms with Gasteiger partial charge in [0.05, 0.1) is 0 Å². The predicted molar refractivity (Wildman–Crippen MR) is 48.7 cm³/mol. The Balaban J connectivity index is 2.27. The highest BCUT2D eigenvalue weighted by atomic mass is 79.9. The molecule has 1 aromatic rings. The van der Waals surface area contributed by atoms with Crippen LogP contribution in [0.2, 0.25) is 0 Å². The van der Waals surface area contributed by atoms with Crippen LogP contribution in [-0.2, 0) is 6.42 Å². The summed E-state index contributed by atoms with van der Waals surface area (Å²) in [5.41, 5.74) is 0. The van der Waals surface area contributed by atoms with Crippen LogP contribution in [0.3, 0.4) is 0 Å². The summed E-state index contributed by atoms with van der Waals surface area (Å²) in [4.78, 5) is 0. The van der Waals surface area contributed by atoms with Crippen LogP contribution in [-0.4, -0.2) is 13.1 Å². The Kier molecular flexibility index (Phi) is 3.66. The van der Waals surface area contributed by atoms with Crippen LogP contribution >= 0.6 is 15.9 Å². The van der Waals surface area contributed by atoms with Crippen molar-refractivity contribution in [1.29, 1.82) is 0 Å². The van der Waals surface area contributed by atoms with Crippen molar-refractivity contribution >= 4 is 15.9 Å². The molecule has 2 nitrogen and oxygen atoms in total. The van der Waals surface area contributed by atoms with Gasteiger partial charge in [-0.15, -0.1) is 0 Å². The van der Waals surface area contributed by atoms with E-state index in [0.717, 1.165) is 29.9 Å². The zero-order chi connectivity index (χ0) is 8.10. The van der Waals surface area contributed by atoms with Crippen LogP contribution < -0.4 is 5.32 Å². The van der Waals surface area contributed by atoms with E-state index in [0.29, 0.717) is 0 Å². The van der Waals surface area contributed by atoms with Gasteiger partial charge in [0.15, 0.2) is 4.67 Å². The normalized spacial score (nSPS) is 10.4. The van der Waals surface area contributed by atoms with Crippen molar-refractivity contribution in [2.75, 3.05) is 13.1 Å². The van der Waals surface area contributed by atoms with Crippen molar-refractivity contribution in [3.05, 3.63) is 22.6 Å². The molecule has 0 bridgehead atoms. The molecule has 0 radical (unpaired) electrons. The molecule has 0 aliphatic heterocycles. The van der Waals surface area contributed by atoms with Gasteiger partial charge in [-0.1, -0.05) is 6.92 Å². The summed E-state index contributed by atoms with van der Waals surface area (Å²) in [6, 6.07) is 3.91. The van der Waals surface area contributed by atoms with Gasteiger partial charge in [0.25, 0.3) is 0 Å². The second-order valence-corrected chi connectivity index (χ2v) is 3.09. The first kappa shape index (κ1) is 8.81. The fourth-order valence-electron chi connectivity index (χ4n) is 0.874. The Morgan fingerprint density at radius 2 is 2.36 bits per heavy atom. The average molecular weight is 218 g/mol. The van der Waals surface area contributed by atoms with Crippen LogP contribution in [0.4, 0.5) is 0 Å². The number of nitrogens with one attached hydrogen (secondary N) is 1. The van der Waals surface area contributed by atoms with E-state index in [4.69, 9.17) is 4.42 Å². The fraction of sp³-hybridized carbons (Fsp3) is 0.500. The highest BCUT2D eigenvalue weighted by Gasteiger charge is 1.97. The molecule has 0 aliphatic carbocycles. The van der Waals surface area contributed by atoms with E-state index in [2.05, 4.69) is 28.2 Å².